The lowest BCUT2D eigenvalue weighted by Crippen LogP contribution is -2.23. The number of benzene rings is 2. The molecule has 7 nitrogen and oxygen atoms in total. The van der Waals surface area contributed by atoms with Crippen molar-refractivity contribution in [2.24, 2.45) is 0 Å². The van der Waals surface area contributed by atoms with Crippen molar-refractivity contribution in [3.63, 3.8) is 0 Å². The maximum atomic E-state index is 12.9. The van der Waals surface area contributed by atoms with Crippen LogP contribution in [0.2, 0.25) is 0 Å². The maximum Gasteiger partial charge on any atom is 0.262 e. The average Bonchev–Trinajstić information content (AvgIpc) is 3.10. The van der Waals surface area contributed by atoms with Crippen LogP contribution in [-0.4, -0.2) is 26.4 Å². The van der Waals surface area contributed by atoms with Gasteiger partial charge in [0, 0.05) is 12.6 Å². The first-order chi connectivity index (χ1) is 13.5. The van der Waals surface area contributed by atoms with Gasteiger partial charge in [0.25, 0.3) is 5.56 Å². The van der Waals surface area contributed by atoms with Gasteiger partial charge in [0.05, 0.1) is 16.7 Å². The van der Waals surface area contributed by atoms with Crippen LogP contribution >= 0.6 is 11.8 Å². The van der Waals surface area contributed by atoms with E-state index in [1.54, 1.807) is 17.6 Å². The summed E-state index contributed by atoms with van der Waals surface area (Å²) in [5.41, 5.74) is 0.525. The molecule has 2 aromatic heterocycles. The van der Waals surface area contributed by atoms with Gasteiger partial charge in [-0.15, -0.1) is 0 Å². The van der Waals surface area contributed by atoms with Gasteiger partial charge in [-0.1, -0.05) is 41.2 Å². The second kappa shape index (κ2) is 7.47. The van der Waals surface area contributed by atoms with E-state index in [1.807, 2.05) is 43.3 Å². The molecule has 0 aliphatic rings. The van der Waals surface area contributed by atoms with E-state index in [4.69, 9.17) is 4.52 Å². The molecule has 0 bridgehead atoms. The van der Waals surface area contributed by atoms with Crippen molar-refractivity contribution in [2.45, 2.75) is 25.5 Å². The number of anilines is 1. The molecule has 1 N–H and O–H groups in total. The third-order valence-corrected chi connectivity index (χ3v) is 5.31. The molecule has 28 heavy (non-hydrogen) atoms. The standard InChI is InChI=1S/C20H18N4O3S/c1-3-24-19(26)15-9-13-6-4-5-7-14(13)10-16(15)21-20(24)28-11-18(25)22-17-8-12(2)27-23-17/h4-10H,3,11H2,1-2H3,(H,22,23,25). The summed E-state index contributed by atoms with van der Waals surface area (Å²) in [5, 5.41) is 9.52. The van der Waals surface area contributed by atoms with Crippen molar-refractivity contribution in [2.75, 3.05) is 11.1 Å². The number of carbonyl (C=O) groups is 1. The normalized spacial score (nSPS) is 11.2. The van der Waals surface area contributed by atoms with Crippen molar-refractivity contribution < 1.29 is 9.32 Å². The summed E-state index contributed by atoms with van der Waals surface area (Å²) >= 11 is 1.22. The number of thioether (sulfide) groups is 1. The van der Waals surface area contributed by atoms with E-state index in [9.17, 15) is 9.59 Å². The highest BCUT2D eigenvalue weighted by molar-refractivity contribution is 7.99. The number of rotatable bonds is 5. The quantitative estimate of drug-likeness (QED) is 0.316. The van der Waals surface area contributed by atoms with Crippen LogP contribution in [0.15, 0.2) is 56.9 Å². The number of nitrogens with one attached hydrogen (secondary N) is 1. The molecule has 8 heteroatoms. The first kappa shape index (κ1) is 18.2. The fourth-order valence-electron chi connectivity index (χ4n) is 3.01. The summed E-state index contributed by atoms with van der Waals surface area (Å²) < 4.78 is 6.53. The molecule has 142 valence electrons. The summed E-state index contributed by atoms with van der Waals surface area (Å²) in [5.74, 6) is 0.853. The highest BCUT2D eigenvalue weighted by Crippen LogP contribution is 2.23. The Hall–Kier alpha value is -3.13. The Morgan fingerprint density at radius 3 is 2.64 bits per heavy atom. The molecule has 0 unspecified atom stereocenters. The van der Waals surface area contributed by atoms with Crippen molar-refractivity contribution >= 4 is 45.2 Å². The van der Waals surface area contributed by atoms with E-state index in [1.165, 1.54) is 11.8 Å². The van der Waals surface area contributed by atoms with E-state index in [0.29, 0.717) is 34.2 Å². The van der Waals surface area contributed by atoms with Crippen LogP contribution in [0.3, 0.4) is 0 Å². The van der Waals surface area contributed by atoms with Gasteiger partial charge < -0.3 is 9.84 Å². The third kappa shape index (κ3) is 3.50. The Bertz CT molecular complexity index is 1250. The fourth-order valence-corrected chi connectivity index (χ4v) is 3.87. The van der Waals surface area contributed by atoms with Gasteiger partial charge in [0.2, 0.25) is 5.91 Å². The molecule has 0 spiro atoms. The molecular weight excluding hydrogens is 376 g/mol. The second-order valence-electron chi connectivity index (χ2n) is 6.32. The lowest BCUT2D eigenvalue weighted by atomic mass is 10.1. The minimum Gasteiger partial charge on any atom is -0.360 e. The van der Waals surface area contributed by atoms with E-state index >= 15 is 0 Å². The third-order valence-electron chi connectivity index (χ3n) is 4.33. The number of fused-ring (bicyclic) bond motifs is 2. The van der Waals surface area contributed by atoms with Gasteiger partial charge in [-0.05, 0) is 36.8 Å². The zero-order chi connectivity index (χ0) is 19.7. The van der Waals surface area contributed by atoms with Gasteiger partial charge in [0.15, 0.2) is 11.0 Å². The molecule has 0 radical (unpaired) electrons. The Balaban J connectivity index is 1.64. The van der Waals surface area contributed by atoms with Crippen LogP contribution < -0.4 is 10.9 Å². The zero-order valence-corrected chi connectivity index (χ0v) is 16.2. The van der Waals surface area contributed by atoms with Crippen LogP contribution in [0, 0.1) is 6.92 Å². The average molecular weight is 394 g/mol. The summed E-state index contributed by atoms with van der Waals surface area (Å²) in [6, 6.07) is 13.3. The number of nitrogens with zero attached hydrogens (tertiary/aromatic N) is 3. The van der Waals surface area contributed by atoms with Gasteiger partial charge in [-0.25, -0.2) is 4.98 Å². The number of hydrogen-bond donors (Lipinski definition) is 1. The Morgan fingerprint density at radius 1 is 1.21 bits per heavy atom. The molecule has 0 saturated heterocycles. The second-order valence-corrected chi connectivity index (χ2v) is 7.26. The number of aromatic nitrogens is 3. The van der Waals surface area contributed by atoms with E-state index in [2.05, 4.69) is 15.5 Å². The molecule has 0 aliphatic heterocycles. The lowest BCUT2D eigenvalue weighted by molar-refractivity contribution is -0.113. The van der Waals surface area contributed by atoms with Crippen molar-refractivity contribution in [1.29, 1.82) is 0 Å². The topological polar surface area (TPSA) is 90.0 Å². The van der Waals surface area contributed by atoms with Crippen molar-refractivity contribution in [3.8, 4) is 0 Å². The Labute approximate surface area is 164 Å². The molecule has 0 fully saturated rings. The predicted molar refractivity (Wildman–Crippen MR) is 110 cm³/mol. The van der Waals surface area contributed by atoms with Crippen LogP contribution in [-0.2, 0) is 11.3 Å². The largest absolute Gasteiger partial charge is 0.360 e. The summed E-state index contributed by atoms with van der Waals surface area (Å²) in [6.07, 6.45) is 0. The highest BCUT2D eigenvalue weighted by Gasteiger charge is 2.14. The molecule has 0 atom stereocenters. The summed E-state index contributed by atoms with van der Waals surface area (Å²) in [7, 11) is 0. The van der Waals surface area contributed by atoms with E-state index < -0.39 is 0 Å². The van der Waals surface area contributed by atoms with E-state index in [0.717, 1.165) is 10.8 Å². The van der Waals surface area contributed by atoms with Gasteiger partial charge in [-0.2, -0.15) is 0 Å². The van der Waals surface area contributed by atoms with Crippen LogP contribution in [0.25, 0.3) is 21.7 Å². The monoisotopic (exact) mass is 394 g/mol. The SMILES string of the molecule is CCn1c(SCC(=O)Nc2cc(C)on2)nc2cc3ccccc3cc2c1=O. The maximum absolute atomic E-state index is 12.9. The number of carbonyl (C=O) groups excluding carboxylic acids is 1. The molecule has 4 aromatic rings. The highest BCUT2D eigenvalue weighted by atomic mass is 32.2. The Morgan fingerprint density at radius 2 is 1.96 bits per heavy atom. The molecule has 0 aliphatic carbocycles. The molecule has 2 aromatic carbocycles. The number of hydrogen-bond acceptors (Lipinski definition) is 6. The Kier molecular flexibility index (Phi) is 4.87. The smallest absolute Gasteiger partial charge is 0.262 e. The minimum atomic E-state index is -0.242. The molecule has 1 amide bonds. The van der Waals surface area contributed by atoms with Crippen LogP contribution in [0.1, 0.15) is 12.7 Å². The van der Waals surface area contributed by atoms with Crippen LogP contribution in [0.5, 0.6) is 0 Å². The minimum absolute atomic E-state index is 0.103. The molecular formula is C20H18N4O3S. The van der Waals surface area contributed by atoms with Crippen molar-refractivity contribution in [3.05, 3.63) is 58.6 Å². The zero-order valence-electron chi connectivity index (χ0n) is 15.4. The molecule has 4 rings (SSSR count). The summed E-state index contributed by atoms with van der Waals surface area (Å²) in [4.78, 5) is 29.8. The van der Waals surface area contributed by atoms with Gasteiger partial charge in [-0.3, -0.25) is 14.2 Å². The molecule has 2 heterocycles. The first-order valence-corrected chi connectivity index (χ1v) is 9.83. The van der Waals surface area contributed by atoms with Gasteiger partial charge >= 0.3 is 0 Å². The van der Waals surface area contributed by atoms with E-state index in [-0.39, 0.29) is 17.2 Å². The first-order valence-electron chi connectivity index (χ1n) is 8.84. The van der Waals surface area contributed by atoms with Crippen LogP contribution in [0.4, 0.5) is 5.82 Å². The molecule has 0 saturated carbocycles. The predicted octanol–water partition coefficient (Wildman–Crippen LogP) is 3.60. The van der Waals surface area contributed by atoms with Crippen molar-refractivity contribution in [1.82, 2.24) is 14.7 Å². The van der Waals surface area contributed by atoms with Gasteiger partial charge in [0.1, 0.15) is 5.76 Å². The fraction of sp³-hybridized carbons (Fsp3) is 0.200. The number of aryl methyl sites for hydroxylation is 1. The number of amides is 1. The summed E-state index contributed by atoms with van der Waals surface area (Å²) in [6.45, 7) is 4.11. The lowest BCUT2D eigenvalue weighted by Gasteiger charge is -2.11.